The number of ether oxygens (including phenoxy) is 2. The summed E-state index contributed by atoms with van der Waals surface area (Å²) in [4.78, 5) is 17.2. The van der Waals surface area contributed by atoms with Crippen molar-refractivity contribution in [3.63, 3.8) is 0 Å². The van der Waals surface area contributed by atoms with Crippen LogP contribution in [0.3, 0.4) is 0 Å². The van der Waals surface area contributed by atoms with Gasteiger partial charge in [0.15, 0.2) is 16.5 Å². The van der Waals surface area contributed by atoms with Gasteiger partial charge in [-0.05, 0) is 24.1 Å². The molecular formula is C19H20N2O3S. The summed E-state index contributed by atoms with van der Waals surface area (Å²) in [5.41, 5.74) is 1.41. The number of para-hydroxylation sites is 1. The van der Waals surface area contributed by atoms with Gasteiger partial charge in [0.2, 0.25) is 0 Å². The number of aromatic nitrogens is 2. The van der Waals surface area contributed by atoms with Crippen molar-refractivity contribution in [1.29, 1.82) is 0 Å². The second kappa shape index (κ2) is 7.53. The zero-order chi connectivity index (χ0) is 17.8. The fraction of sp³-hybridized carbons (Fsp3) is 0.263. The van der Waals surface area contributed by atoms with E-state index in [1.54, 1.807) is 13.3 Å². The minimum Gasteiger partial charge on any atom is -0.493 e. The highest BCUT2D eigenvalue weighted by Crippen LogP contribution is 2.32. The third-order valence-electron chi connectivity index (χ3n) is 3.55. The van der Waals surface area contributed by atoms with E-state index in [-0.39, 0.29) is 5.56 Å². The van der Waals surface area contributed by atoms with Gasteiger partial charge < -0.3 is 9.47 Å². The van der Waals surface area contributed by atoms with E-state index in [4.69, 9.17) is 9.47 Å². The number of rotatable bonds is 6. The number of methoxy groups -OCH3 is 1. The molecule has 0 fully saturated rings. The van der Waals surface area contributed by atoms with E-state index in [0.29, 0.717) is 34.7 Å². The lowest BCUT2D eigenvalue weighted by Gasteiger charge is -2.14. The number of hydrogen-bond donors (Lipinski definition) is 0. The smallest absolute Gasteiger partial charge is 0.259 e. The van der Waals surface area contributed by atoms with Crippen LogP contribution in [0.4, 0.5) is 0 Å². The number of benzene rings is 1. The van der Waals surface area contributed by atoms with Crippen molar-refractivity contribution in [2.24, 2.45) is 5.92 Å². The van der Waals surface area contributed by atoms with E-state index in [0.717, 1.165) is 5.56 Å². The molecule has 0 aliphatic rings. The van der Waals surface area contributed by atoms with E-state index in [1.165, 1.54) is 21.8 Å². The van der Waals surface area contributed by atoms with Crippen molar-refractivity contribution in [2.75, 3.05) is 13.7 Å². The van der Waals surface area contributed by atoms with E-state index in [1.807, 2.05) is 35.7 Å². The molecule has 3 aromatic rings. The highest BCUT2D eigenvalue weighted by molar-refractivity contribution is 7.15. The van der Waals surface area contributed by atoms with Gasteiger partial charge in [0.05, 0.1) is 19.4 Å². The molecule has 25 heavy (non-hydrogen) atoms. The molecule has 0 radical (unpaired) electrons. The van der Waals surface area contributed by atoms with Gasteiger partial charge in [-0.15, -0.1) is 11.3 Å². The summed E-state index contributed by atoms with van der Waals surface area (Å²) in [5.74, 6) is 1.79. The molecule has 0 saturated carbocycles. The second-order valence-corrected chi connectivity index (χ2v) is 6.86. The molecule has 3 rings (SSSR count). The van der Waals surface area contributed by atoms with E-state index >= 15 is 0 Å². The molecule has 0 atom stereocenters. The topological polar surface area (TPSA) is 52.8 Å². The average molecular weight is 356 g/mol. The van der Waals surface area contributed by atoms with Crippen molar-refractivity contribution in [3.05, 3.63) is 57.5 Å². The predicted octanol–water partition coefficient (Wildman–Crippen LogP) is 3.97. The zero-order valence-electron chi connectivity index (χ0n) is 14.4. The molecule has 0 saturated heterocycles. The maximum Gasteiger partial charge on any atom is 0.259 e. The monoisotopic (exact) mass is 356 g/mol. The van der Waals surface area contributed by atoms with Gasteiger partial charge in [0.1, 0.15) is 0 Å². The van der Waals surface area contributed by atoms with Gasteiger partial charge >= 0.3 is 0 Å². The van der Waals surface area contributed by atoms with Crippen LogP contribution in [0, 0.1) is 5.92 Å². The lowest BCUT2D eigenvalue weighted by Crippen LogP contribution is -2.11. The Bertz CT molecular complexity index is 957. The van der Waals surface area contributed by atoms with Crippen LogP contribution in [-0.4, -0.2) is 23.1 Å². The average Bonchev–Trinajstić information content (AvgIpc) is 3.07. The lowest BCUT2D eigenvalue weighted by atomic mass is 10.1. The Balaban J connectivity index is 1.95. The molecule has 130 valence electrons. The molecule has 0 spiro atoms. The Morgan fingerprint density at radius 1 is 1.32 bits per heavy atom. The zero-order valence-corrected chi connectivity index (χ0v) is 15.2. The first kappa shape index (κ1) is 17.2. The van der Waals surface area contributed by atoms with Crippen LogP contribution in [0.1, 0.15) is 25.1 Å². The largest absolute Gasteiger partial charge is 0.493 e. The normalized spacial score (nSPS) is 11.5. The molecule has 2 aromatic heterocycles. The molecule has 5 nitrogen and oxygen atoms in total. The van der Waals surface area contributed by atoms with Gasteiger partial charge in [-0.3, -0.25) is 9.20 Å². The second-order valence-electron chi connectivity index (χ2n) is 5.99. The molecule has 0 amide bonds. The van der Waals surface area contributed by atoms with Gasteiger partial charge in [-0.1, -0.05) is 26.0 Å². The molecular weight excluding hydrogens is 336 g/mol. The van der Waals surface area contributed by atoms with Gasteiger partial charge in [0, 0.05) is 23.2 Å². The highest BCUT2D eigenvalue weighted by Gasteiger charge is 2.10. The standard InChI is InChI=1S/C19H20N2O3S/c1-13(2)12-24-18-14(5-4-6-16(18)23-3)7-8-15-11-17(22)21-9-10-25-19(21)20-15/h4-11,13H,12H2,1-3H3/b8-7+. The molecule has 0 aliphatic carbocycles. The van der Waals surface area contributed by atoms with Crippen molar-refractivity contribution in [2.45, 2.75) is 13.8 Å². The van der Waals surface area contributed by atoms with Crippen LogP contribution in [0.5, 0.6) is 11.5 Å². The first-order chi connectivity index (χ1) is 12.1. The Hall–Kier alpha value is -2.60. The fourth-order valence-corrected chi connectivity index (χ4v) is 3.08. The Labute approximate surface area is 150 Å². The molecule has 1 aromatic carbocycles. The fourth-order valence-electron chi connectivity index (χ4n) is 2.35. The number of fused-ring (bicyclic) bond motifs is 1. The van der Waals surface area contributed by atoms with Crippen LogP contribution in [0.15, 0.2) is 40.6 Å². The van der Waals surface area contributed by atoms with Crippen molar-refractivity contribution in [1.82, 2.24) is 9.38 Å². The molecule has 0 unspecified atom stereocenters. The third-order valence-corrected chi connectivity index (χ3v) is 4.30. The Kier molecular flexibility index (Phi) is 5.19. The summed E-state index contributed by atoms with van der Waals surface area (Å²) in [5, 5.41) is 1.84. The third kappa shape index (κ3) is 3.91. The van der Waals surface area contributed by atoms with Crippen molar-refractivity contribution >= 4 is 28.4 Å². The summed E-state index contributed by atoms with van der Waals surface area (Å²) < 4.78 is 12.9. The molecule has 0 bridgehead atoms. The summed E-state index contributed by atoms with van der Waals surface area (Å²) in [6.45, 7) is 4.79. The first-order valence-corrected chi connectivity index (χ1v) is 8.91. The number of thiazole rings is 1. The Morgan fingerprint density at radius 3 is 2.92 bits per heavy atom. The van der Waals surface area contributed by atoms with E-state index in [2.05, 4.69) is 18.8 Å². The summed E-state index contributed by atoms with van der Waals surface area (Å²) >= 11 is 1.43. The predicted molar refractivity (Wildman–Crippen MR) is 102 cm³/mol. The van der Waals surface area contributed by atoms with E-state index in [9.17, 15) is 4.79 Å². The minimum absolute atomic E-state index is 0.0900. The summed E-state index contributed by atoms with van der Waals surface area (Å²) in [7, 11) is 1.62. The van der Waals surface area contributed by atoms with Gasteiger partial charge in [-0.25, -0.2) is 4.98 Å². The quantitative estimate of drug-likeness (QED) is 0.671. The van der Waals surface area contributed by atoms with Crippen LogP contribution in [-0.2, 0) is 0 Å². The molecule has 0 N–H and O–H groups in total. The summed E-state index contributed by atoms with van der Waals surface area (Å²) in [6.07, 6.45) is 5.44. The van der Waals surface area contributed by atoms with Crippen molar-refractivity contribution < 1.29 is 9.47 Å². The van der Waals surface area contributed by atoms with Crippen LogP contribution in [0.25, 0.3) is 17.1 Å². The first-order valence-electron chi connectivity index (χ1n) is 8.03. The Morgan fingerprint density at radius 2 is 2.16 bits per heavy atom. The van der Waals surface area contributed by atoms with Crippen LogP contribution < -0.4 is 15.0 Å². The number of hydrogen-bond acceptors (Lipinski definition) is 5. The van der Waals surface area contributed by atoms with Gasteiger partial charge in [0.25, 0.3) is 5.56 Å². The maximum absolute atomic E-state index is 12.1. The highest BCUT2D eigenvalue weighted by atomic mass is 32.1. The van der Waals surface area contributed by atoms with Crippen LogP contribution in [0.2, 0.25) is 0 Å². The van der Waals surface area contributed by atoms with Crippen molar-refractivity contribution in [3.8, 4) is 11.5 Å². The van der Waals surface area contributed by atoms with Crippen LogP contribution >= 0.6 is 11.3 Å². The molecule has 2 heterocycles. The minimum atomic E-state index is -0.0900. The number of nitrogens with zero attached hydrogens (tertiary/aromatic N) is 2. The van der Waals surface area contributed by atoms with E-state index < -0.39 is 0 Å². The maximum atomic E-state index is 12.1. The molecule has 6 heteroatoms. The SMILES string of the molecule is COc1cccc(/C=C/c2cc(=O)n3ccsc3n2)c1OCC(C)C. The molecule has 0 aliphatic heterocycles. The lowest BCUT2D eigenvalue weighted by molar-refractivity contribution is 0.256. The van der Waals surface area contributed by atoms with Gasteiger partial charge in [-0.2, -0.15) is 0 Å². The summed E-state index contributed by atoms with van der Waals surface area (Å²) in [6, 6.07) is 7.25.